The second-order valence-corrected chi connectivity index (χ2v) is 29.8. The van der Waals surface area contributed by atoms with E-state index in [4.69, 9.17) is 5.48 Å². The van der Waals surface area contributed by atoms with Crippen LogP contribution in [-0.4, -0.2) is 25.4 Å². The van der Waals surface area contributed by atoms with Gasteiger partial charge in [-0.2, -0.15) is 0 Å². The molecule has 4 aromatic heterocycles. The number of H-pyrrole nitrogens is 1. The molecule has 0 fully saturated rings. The van der Waals surface area contributed by atoms with Crippen LogP contribution in [0.25, 0.3) is 150 Å². The predicted octanol–water partition coefficient (Wildman–Crippen LogP) is 22.5. The average Bonchev–Trinajstić information content (AvgIpc) is 1.54. The molecule has 4 nitrogen and oxygen atoms in total. The largest absolute Gasteiger partial charge is 0.354 e. The van der Waals surface area contributed by atoms with Crippen LogP contribution < -0.4 is 10.9 Å². The zero-order valence-electron chi connectivity index (χ0n) is 64.7. The second kappa shape index (κ2) is 20.0. The van der Waals surface area contributed by atoms with Gasteiger partial charge in [0.1, 0.15) is 0 Å². The van der Waals surface area contributed by atoms with Crippen molar-refractivity contribution in [1.29, 1.82) is 0 Å². The fraction of sp³-hybridized carbons (Fsp3) is 0.156. The first-order chi connectivity index (χ1) is 50.2. The lowest BCUT2D eigenvalue weighted by Crippen LogP contribution is -2.56. The molecule has 1 unspecified atom stereocenters. The van der Waals surface area contributed by atoms with E-state index in [0.29, 0.717) is 11.1 Å². The molecular weight excluding hydrogens is 1150 g/mol. The molecule has 2 aliphatic heterocycles. The van der Waals surface area contributed by atoms with Crippen molar-refractivity contribution in [2.45, 2.75) is 90.8 Å². The molecule has 16 aromatic rings. The normalized spacial score (nSPS) is 15.9. The minimum Gasteiger partial charge on any atom is -0.354 e. The summed E-state index contributed by atoms with van der Waals surface area (Å²) in [6.45, 7) is 19.6. The molecule has 3 aliphatic rings. The molecule has 95 heavy (non-hydrogen) atoms. The van der Waals surface area contributed by atoms with Crippen LogP contribution in [0, 0.1) is 0 Å². The monoisotopic (exact) mass is 1230 g/mol. The molecule has 1 N–H and O–H groups in total. The van der Waals surface area contributed by atoms with Gasteiger partial charge in [-0.15, -0.1) is 0 Å². The molecule has 456 valence electrons. The number of nitrogens with zero attached hydrogens (tertiary/aromatic N) is 3. The van der Waals surface area contributed by atoms with Crippen molar-refractivity contribution in [3.8, 4) is 61.6 Å². The highest BCUT2D eigenvalue weighted by Crippen LogP contribution is 2.54. The topological polar surface area (TPSA) is 30.6 Å². The van der Waals surface area contributed by atoms with Crippen LogP contribution in [0.3, 0.4) is 0 Å². The Balaban J connectivity index is 0.980. The number of allylic oxidation sites excluding steroid dienone is 1. The molecular formula is C90H73BN4. The van der Waals surface area contributed by atoms with E-state index in [-0.39, 0.29) is 58.0 Å². The zero-order chi connectivity index (χ0) is 72.8. The van der Waals surface area contributed by atoms with Crippen molar-refractivity contribution in [3.63, 3.8) is 0 Å². The standard InChI is InChI=1S/C90H73BN4/c1-88(2,3)58-36-40-77-68(48-58)69-49-59(89(4,5)6)37-41-78(69)93(77)61-39-43-80-71(51-61)73-45-57(54-26-15-11-16-27-54)47-75-86(73)95(80)87-82-67-35-23-34-66(65-33-22-21-32-64(65)63-31-20-19-30-62(63)55-28-17-12-18-29-55)84(67)92-76(82)52-81-83(87)91(75)74-46-56(53-24-13-10-14-25-53)44-72-70-50-60(90(7,8)9)38-42-79(70)94(81)85(72)74/h10-46,48-52,75,92H,47H2,1-9H3/i10D,11D,13D,14D,15D,16D,24D,25D,26D,27D. The molecule has 0 spiro atoms. The Labute approximate surface area is 569 Å². The highest BCUT2D eigenvalue weighted by Gasteiger charge is 2.49. The Kier molecular flexibility index (Phi) is 9.76. The molecule has 0 bridgehead atoms. The van der Waals surface area contributed by atoms with Gasteiger partial charge in [-0.05, 0) is 179 Å². The first-order valence-corrected chi connectivity index (χ1v) is 33.3. The summed E-state index contributed by atoms with van der Waals surface area (Å²) >= 11 is 0. The van der Waals surface area contributed by atoms with Gasteiger partial charge in [-0.3, -0.25) is 0 Å². The van der Waals surface area contributed by atoms with E-state index >= 15 is 0 Å². The zero-order valence-corrected chi connectivity index (χ0v) is 54.7. The van der Waals surface area contributed by atoms with Crippen LogP contribution in [0.5, 0.6) is 0 Å². The summed E-state index contributed by atoms with van der Waals surface area (Å²) in [6.07, 6.45) is 2.36. The maximum absolute atomic E-state index is 9.77. The lowest BCUT2D eigenvalue weighted by Gasteiger charge is -2.41. The molecule has 1 aliphatic carbocycles. The number of nitrogens with one attached hydrogen (secondary N) is 1. The molecule has 1 atom stereocenters. The molecule has 0 saturated heterocycles. The number of fused-ring (bicyclic) bond motifs is 17. The molecule has 0 saturated carbocycles. The van der Waals surface area contributed by atoms with Crippen molar-refractivity contribution in [2.75, 3.05) is 0 Å². The van der Waals surface area contributed by atoms with E-state index in [9.17, 15) is 8.22 Å². The summed E-state index contributed by atoms with van der Waals surface area (Å²) in [5.74, 6) is -0.495. The van der Waals surface area contributed by atoms with Crippen LogP contribution in [-0.2, 0) is 16.2 Å². The molecule has 0 amide bonds. The summed E-state index contributed by atoms with van der Waals surface area (Å²) in [5, 5.41) is 7.03. The molecule has 12 aromatic carbocycles. The van der Waals surface area contributed by atoms with Crippen molar-refractivity contribution in [1.82, 2.24) is 18.7 Å². The third kappa shape index (κ3) is 8.21. The van der Waals surface area contributed by atoms with E-state index < -0.39 is 48.8 Å². The van der Waals surface area contributed by atoms with Crippen LogP contribution in [0.1, 0.15) is 122 Å². The van der Waals surface area contributed by atoms with Gasteiger partial charge in [-0.25, -0.2) is 0 Å². The number of benzene rings is 12. The Bertz CT molecular complexity index is 6510. The summed E-state index contributed by atoms with van der Waals surface area (Å²) in [4.78, 5) is 4.16. The van der Waals surface area contributed by atoms with Gasteiger partial charge in [-0.1, -0.05) is 244 Å². The summed E-state index contributed by atoms with van der Waals surface area (Å²) in [5.41, 5.74) is 24.3. The van der Waals surface area contributed by atoms with Gasteiger partial charge in [0.2, 0.25) is 6.71 Å². The van der Waals surface area contributed by atoms with E-state index in [2.05, 4.69) is 263 Å². The van der Waals surface area contributed by atoms with Crippen molar-refractivity contribution in [2.24, 2.45) is 0 Å². The minimum atomic E-state index is -0.552. The fourth-order valence-electron chi connectivity index (χ4n) is 16.7. The summed E-state index contributed by atoms with van der Waals surface area (Å²) in [6, 6.07) is 64.4. The number of aromatic amines is 1. The predicted molar refractivity (Wildman–Crippen MR) is 406 cm³/mol. The van der Waals surface area contributed by atoms with Crippen LogP contribution >= 0.6 is 0 Å². The number of rotatable bonds is 6. The number of hydrogen-bond acceptors (Lipinski definition) is 0. The van der Waals surface area contributed by atoms with Crippen molar-refractivity contribution in [3.05, 3.63) is 282 Å². The van der Waals surface area contributed by atoms with E-state index in [1.807, 2.05) is 12.1 Å². The molecule has 0 radical (unpaired) electrons. The maximum atomic E-state index is 9.77. The number of hydrogen-bond donors (Lipinski definition) is 1. The van der Waals surface area contributed by atoms with Crippen molar-refractivity contribution >= 4 is 106 Å². The molecule has 19 rings (SSSR count). The average molecular weight is 1230 g/mol. The van der Waals surface area contributed by atoms with Gasteiger partial charge in [0, 0.05) is 71.4 Å². The van der Waals surface area contributed by atoms with E-state index in [1.54, 1.807) is 0 Å². The van der Waals surface area contributed by atoms with Gasteiger partial charge in [0.15, 0.2) is 0 Å². The van der Waals surface area contributed by atoms with Gasteiger partial charge >= 0.3 is 0 Å². The Morgan fingerprint density at radius 1 is 0.432 bits per heavy atom. The molecule has 6 heterocycles. The lowest BCUT2D eigenvalue weighted by molar-refractivity contribution is 0.590. The van der Waals surface area contributed by atoms with E-state index in [1.165, 1.54) is 11.1 Å². The number of para-hydroxylation sites is 1. The first-order valence-electron chi connectivity index (χ1n) is 38.3. The molecule has 5 heteroatoms. The quantitative estimate of drug-likeness (QED) is 0.161. The highest BCUT2D eigenvalue weighted by atomic mass is 15.1. The Morgan fingerprint density at radius 2 is 0.968 bits per heavy atom. The van der Waals surface area contributed by atoms with Crippen LogP contribution in [0.2, 0.25) is 0 Å². The third-order valence-corrected chi connectivity index (χ3v) is 21.2. The summed E-state index contributed by atoms with van der Waals surface area (Å²) < 4.78 is 100. The third-order valence-electron chi connectivity index (χ3n) is 21.2. The maximum Gasteiger partial charge on any atom is 0.226 e. The smallest absolute Gasteiger partial charge is 0.226 e. The Hall–Kier alpha value is -10.6. The number of aromatic nitrogens is 4. The van der Waals surface area contributed by atoms with Gasteiger partial charge < -0.3 is 18.7 Å². The lowest BCUT2D eigenvalue weighted by atomic mass is 9.29. The fourth-order valence-corrected chi connectivity index (χ4v) is 16.7. The SMILES string of the molecule is [2H]c1c([2H])c([2H])c(C2=Cc3c4n(c5ccc(-n6c7ccc(C(C)(C)C)cc7c7cc(C(C)(C)C)ccc76)cc35)-c3c5c(cc6[nH]c7c(-c8ccccc8-c8ccccc8-c8ccccc8)cccc7c36)-n3c6ccc(C(C)(C)C)cc6c6cc(-c7c([2H])c([2H])c([2H])c([2H])c7[2H])cc(c63)B5C4C2)c([2H])c1[2H]. The van der Waals surface area contributed by atoms with Crippen molar-refractivity contribution < 1.29 is 13.7 Å². The second-order valence-electron chi connectivity index (χ2n) is 29.8. The minimum absolute atomic E-state index is 0.0974. The van der Waals surface area contributed by atoms with Crippen LogP contribution in [0.4, 0.5) is 0 Å². The first kappa shape index (κ1) is 46.5. The Morgan fingerprint density at radius 3 is 1.60 bits per heavy atom. The highest BCUT2D eigenvalue weighted by molar-refractivity contribution is 6.91. The van der Waals surface area contributed by atoms with Gasteiger partial charge in [0.25, 0.3) is 0 Å². The van der Waals surface area contributed by atoms with Gasteiger partial charge in [0.05, 0.1) is 52.5 Å². The van der Waals surface area contributed by atoms with Crippen LogP contribution in [0.15, 0.2) is 248 Å². The summed E-state index contributed by atoms with van der Waals surface area (Å²) in [7, 11) is 0. The van der Waals surface area contributed by atoms with E-state index in [0.717, 1.165) is 155 Å².